The first-order valence-electron chi connectivity index (χ1n) is 11.2. The molecule has 36 heavy (non-hydrogen) atoms. The molecule has 0 spiro atoms. The van der Waals surface area contributed by atoms with E-state index in [1.54, 1.807) is 24.3 Å². The Morgan fingerprint density at radius 2 is 1.78 bits per heavy atom. The number of methoxy groups -OCH3 is 3. The Hall–Kier alpha value is -3.97. The lowest BCUT2D eigenvalue weighted by Gasteiger charge is -2.14. The van der Waals surface area contributed by atoms with Crippen LogP contribution in [0.3, 0.4) is 0 Å². The van der Waals surface area contributed by atoms with E-state index < -0.39 is 10.0 Å². The van der Waals surface area contributed by atoms with E-state index >= 15 is 0 Å². The maximum Gasteiger partial charge on any atom is 0.240 e. The molecule has 0 radical (unpaired) electrons. The van der Waals surface area contributed by atoms with Gasteiger partial charge in [-0.3, -0.25) is 0 Å². The summed E-state index contributed by atoms with van der Waals surface area (Å²) >= 11 is 0. The zero-order chi connectivity index (χ0) is 25.7. The zero-order valence-electron chi connectivity index (χ0n) is 20.3. The van der Waals surface area contributed by atoms with E-state index in [0.717, 1.165) is 12.8 Å². The van der Waals surface area contributed by atoms with Gasteiger partial charge >= 0.3 is 0 Å². The van der Waals surface area contributed by atoms with Crippen molar-refractivity contribution in [3.05, 3.63) is 42.6 Å². The van der Waals surface area contributed by atoms with E-state index in [0.29, 0.717) is 46.3 Å². The third-order valence-corrected chi connectivity index (χ3v) is 6.77. The molecule has 2 N–H and O–H groups in total. The fourth-order valence-corrected chi connectivity index (χ4v) is 4.61. The molecule has 0 aliphatic rings. The van der Waals surface area contributed by atoms with Gasteiger partial charge in [0, 0.05) is 24.4 Å². The van der Waals surface area contributed by atoms with Crippen molar-refractivity contribution < 1.29 is 22.6 Å². The van der Waals surface area contributed by atoms with Crippen molar-refractivity contribution in [1.29, 1.82) is 0 Å². The summed E-state index contributed by atoms with van der Waals surface area (Å²) in [6, 6.07) is 9.88. The van der Waals surface area contributed by atoms with Crippen LogP contribution in [0.4, 0.5) is 11.6 Å². The molecule has 2 aromatic heterocycles. The van der Waals surface area contributed by atoms with Gasteiger partial charge in [0.25, 0.3) is 0 Å². The molecular weight excluding hydrogens is 486 g/mol. The van der Waals surface area contributed by atoms with Gasteiger partial charge in [0.15, 0.2) is 22.7 Å². The molecule has 0 saturated heterocycles. The number of aromatic nitrogens is 5. The molecule has 2 heterocycles. The predicted molar refractivity (Wildman–Crippen MR) is 134 cm³/mol. The smallest absolute Gasteiger partial charge is 0.240 e. The minimum absolute atomic E-state index is 0.129. The highest BCUT2D eigenvalue weighted by Gasteiger charge is 2.17. The Morgan fingerprint density at radius 1 is 1.03 bits per heavy atom. The lowest BCUT2D eigenvalue weighted by molar-refractivity contribution is 0.324. The van der Waals surface area contributed by atoms with Crippen molar-refractivity contribution in [2.24, 2.45) is 0 Å². The zero-order valence-corrected chi connectivity index (χ0v) is 21.2. The van der Waals surface area contributed by atoms with Crippen LogP contribution in [0.1, 0.15) is 19.8 Å². The number of benzene rings is 2. The van der Waals surface area contributed by atoms with Gasteiger partial charge in [-0.15, -0.1) is 5.10 Å². The van der Waals surface area contributed by atoms with Crippen molar-refractivity contribution in [2.75, 3.05) is 33.2 Å². The van der Waals surface area contributed by atoms with E-state index in [1.807, 2.05) is 6.92 Å². The molecule has 0 amide bonds. The van der Waals surface area contributed by atoms with Gasteiger partial charge in [-0.05, 0) is 24.6 Å². The third-order valence-electron chi connectivity index (χ3n) is 5.31. The maximum atomic E-state index is 12.7. The fourth-order valence-electron chi connectivity index (χ4n) is 3.49. The number of sulfonamides is 1. The molecule has 190 valence electrons. The van der Waals surface area contributed by atoms with E-state index in [2.05, 4.69) is 30.3 Å². The molecule has 12 nitrogen and oxygen atoms in total. The number of fused-ring (bicyclic) bond motifs is 1. The quantitative estimate of drug-likeness (QED) is 0.287. The molecule has 0 fully saturated rings. The topological polar surface area (TPSA) is 142 Å². The average molecular weight is 514 g/mol. The fraction of sp³-hybridized carbons (Fsp3) is 0.304. The first-order chi connectivity index (χ1) is 17.4. The molecule has 2 aromatic carbocycles. The number of hydrogen-bond donors (Lipinski definition) is 2. The minimum atomic E-state index is -3.66. The minimum Gasteiger partial charge on any atom is -0.493 e. The summed E-state index contributed by atoms with van der Waals surface area (Å²) in [6.07, 6.45) is 3.17. The molecule has 4 aromatic rings. The summed E-state index contributed by atoms with van der Waals surface area (Å²) in [4.78, 5) is 8.98. The first kappa shape index (κ1) is 25.1. The second kappa shape index (κ2) is 10.7. The van der Waals surface area contributed by atoms with Crippen LogP contribution in [-0.2, 0) is 10.0 Å². The summed E-state index contributed by atoms with van der Waals surface area (Å²) in [6.45, 7) is 2.37. The van der Waals surface area contributed by atoms with Gasteiger partial charge in [0.05, 0.1) is 38.1 Å². The first-order valence-corrected chi connectivity index (χ1v) is 12.6. The Morgan fingerprint density at radius 3 is 2.44 bits per heavy atom. The second-order valence-electron chi connectivity index (χ2n) is 7.69. The molecule has 0 atom stereocenters. The molecule has 0 bridgehead atoms. The van der Waals surface area contributed by atoms with E-state index in [4.69, 9.17) is 14.2 Å². The monoisotopic (exact) mass is 513 g/mol. The summed E-state index contributed by atoms with van der Waals surface area (Å²) in [5, 5.41) is 11.4. The molecule has 4 rings (SSSR count). The normalized spacial score (nSPS) is 11.4. The van der Waals surface area contributed by atoms with Crippen LogP contribution in [0.2, 0.25) is 0 Å². The van der Waals surface area contributed by atoms with Gasteiger partial charge in [0.1, 0.15) is 0 Å². The van der Waals surface area contributed by atoms with Gasteiger partial charge in [0.2, 0.25) is 21.7 Å². The highest BCUT2D eigenvalue weighted by Crippen LogP contribution is 2.40. The summed E-state index contributed by atoms with van der Waals surface area (Å²) in [5.74, 6) is 1.67. The van der Waals surface area contributed by atoms with E-state index in [9.17, 15) is 8.42 Å². The van der Waals surface area contributed by atoms with Crippen molar-refractivity contribution in [3.63, 3.8) is 0 Å². The van der Waals surface area contributed by atoms with Crippen LogP contribution >= 0.6 is 0 Å². The Bertz CT molecular complexity index is 1450. The molecule has 0 saturated carbocycles. The Labute approximate surface area is 208 Å². The Kier molecular flexibility index (Phi) is 7.50. The highest BCUT2D eigenvalue weighted by molar-refractivity contribution is 7.89. The van der Waals surface area contributed by atoms with Crippen molar-refractivity contribution in [3.8, 4) is 22.9 Å². The van der Waals surface area contributed by atoms with Crippen LogP contribution < -0.4 is 24.2 Å². The summed E-state index contributed by atoms with van der Waals surface area (Å²) < 4.78 is 45.6. The Balaban J connectivity index is 1.67. The third kappa shape index (κ3) is 5.16. The number of nitrogens with zero attached hydrogens (tertiary/aromatic N) is 5. The van der Waals surface area contributed by atoms with Crippen molar-refractivity contribution in [2.45, 2.75) is 24.7 Å². The lowest BCUT2D eigenvalue weighted by Crippen LogP contribution is -2.24. The van der Waals surface area contributed by atoms with E-state index in [-0.39, 0.29) is 10.8 Å². The van der Waals surface area contributed by atoms with Crippen LogP contribution in [-0.4, -0.2) is 61.3 Å². The van der Waals surface area contributed by atoms with Gasteiger partial charge in [-0.2, -0.15) is 9.67 Å². The van der Waals surface area contributed by atoms with Crippen LogP contribution in [0.5, 0.6) is 17.2 Å². The number of anilines is 2. The summed E-state index contributed by atoms with van der Waals surface area (Å²) in [5.41, 5.74) is 1.94. The molecule has 0 aliphatic carbocycles. The van der Waals surface area contributed by atoms with Crippen LogP contribution in [0.15, 0.2) is 47.5 Å². The lowest BCUT2D eigenvalue weighted by atomic mass is 10.2. The second-order valence-corrected chi connectivity index (χ2v) is 9.46. The van der Waals surface area contributed by atoms with Gasteiger partial charge in [-0.25, -0.2) is 18.1 Å². The number of unbranched alkanes of at least 4 members (excludes halogenated alkanes) is 1. The average Bonchev–Trinajstić information content (AvgIpc) is 3.31. The number of rotatable bonds is 11. The molecular formula is C23H27N7O5S. The van der Waals surface area contributed by atoms with Gasteiger partial charge in [-0.1, -0.05) is 24.6 Å². The van der Waals surface area contributed by atoms with Crippen LogP contribution in [0, 0.1) is 0 Å². The summed E-state index contributed by atoms with van der Waals surface area (Å²) in [7, 11) is 0.929. The standard InChI is InChI=1S/C23H27N7O5S/c1-5-6-10-25-36(31,32)17-9-7-8-16(13-17)30-22-18(28-29-30)14-24-23(27-22)26-15-11-19(33-2)21(35-4)20(12-15)34-3/h7-9,11-14,25H,5-6,10H2,1-4H3,(H,24,26,27). The molecule has 13 heteroatoms. The number of hydrogen-bond acceptors (Lipinski definition) is 10. The van der Waals surface area contributed by atoms with Crippen molar-refractivity contribution >= 4 is 32.8 Å². The van der Waals surface area contributed by atoms with E-state index in [1.165, 1.54) is 44.3 Å². The predicted octanol–water partition coefficient (Wildman–Crippen LogP) is 3.06. The molecule has 0 aliphatic heterocycles. The van der Waals surface area contributed by atoms with Crippen molar-refractivity contribution in [1.82, 2.24) is 29.7 Å². The SMILES string of the molecule is CCCCNS(=O)(=O)c1cccc(-n2nnc3cnc(Nc4cc(OC)c(OC)c(OC)c4)nc32)c1. The maximum absolute atomic E-state index is 12.7. The number of nitrogens with one attached hydrogen (secondary N) is 2. The highest BCUT2D eigenvalue weighted by atomic mass is 32.2. The van der Waals surface area contributed by atoms with Gasteiger partial charge < -0.3 is 19.5 Å². The molecule has 0 unspecified atom stereocenters. The largest absolute Gasteiger partial charge is 0.493 e. The number of ether oxygens (including phenoxy) is 3. The van der Waals surface area contributed by atoms with Crippen LogP contribution in [0.25, 0.3) is 16.9 Å².